The van der Waals surface area contributed by atoms with E-state index in [-0.39, 0.29) is 5.82 Å². The topological polar surface area (TPSA) is 32.5 Å². The van der Waals surface area contributed by atoms with Gasteiger partial charge in [-0.2, -0.15) is 0 Å². The molecule has 1 aliphatic rings. The Hall–Kier alpha value is -1.41. The molecule has 1 heterocycles. The number of halogens is 1. The number of likely N-dealkylation sites (N-methyl/N-ethyl adjacent to an activating group) is 1. The molecule has 1 fully saturated rings. The molecule has 1 saturated heterocycles. The van der Waals surface area contributed by atoms with Crippen LogP contribution in [-0.4, -0.2) is 49.1 Å². The Morgan fingerprint density at radius 2 is 2.20 bits per heavy atom. The van der Waals surface area contributed by atoms with Gasteiger partial charge in [-0.3, -0.25) is 4.90 Å². The molecule has 3 nitrogen and oxygen atoms in total. The van der Waals surface area contributed by atoms with Gasteiger partial charge in [0.1, 0.15) is 5.82 Å². The Balaban J connectivity index is 2.06. The van der Waals surface area contributed by atoms with Crippen molar-refractivity contribution >= 4 is 0 Å². The van der Waals surface area contributed by atoms with Gasteiger partial charge in [0.25, 0.3) is 0 Å². The van der Waals surface area contributed by atoms with Crippen LogP contribution in [0.15, 0.2) is 18.2 Å². The highest BCUT2D eigenvalue weighted by atomic mass is 19.1. The molecule has 0 aromatic heterocycles. The second-order valence-electron chi connectivity index (χ2n) is 5.39. The van der Waals surface area contributed by atoms with Crippen LogP contribution < -0.4 is 5.73 Å². The van der Waals surface area contributed by atoms with E-state index < -0.39 is 0 Å². The highest BCUT2D eigenvalue weighted by Crippen LogP contribution is 2.16. The molecular weight excluding hydrogens is 253 g/mol. The standard InChI is InChI=1S/C16H22FN3/c1-13-11-19(2)8-9-20(13)12-15-6-5-14(4-3-7-18)10-16(15)17/h5-6,10,13H,7-9,11-12,18H2,1-2H3. The molecule has 0 bridgehead atoms. The fourth-order valence-corrected chi connectivity index (χ4v) is 2.54. The highest BCUT2D eigenvalue weighted by molar-refractivity contribution is 5.37. The quantitative estimate of drug-likeness (QED) is 0.825. The van der Waals surface area contributed by atoms with E-state index in [9.17, 15) is 4.39 Å². The second kappa shape index (κ2) is 6.85. The Morgan fingerprint density at radius 1 is 1.40 bits per heavy atom. The number of hydrogen-bond acceptors (Lipinski definition) is 3. The van der Waals surface area contributed by atoms with Crippen molar-refractivity contribution in [3.05, 3.63) is 35.1 Å². The van der Waals surface area contributed by atoms with Crippen molar-refractivity contribution in [3.8, 4) is 11.8 Å². The van der Waals surface area contributed by atoms with Gasteiger partial charge < -0.3 is 10.6 Å². The van der Waals surface area contributed by atoms with Gasteiger partial charge in [0.15, 0.2) is 0 Å². The van der Waals surface area contributed by atoms with E-state index in [1.807, 2.05) is 12.1 Å². The lowest BCUT2D eigenvalue weighted by Crippen LogP contribution is -2.49. The van der Waals surface area contributed by atoms with Gasteiger partial charge in [-0.1, -0.05) is 17.9 Å². The van der Waals surface area contributed by atoms with Gasteiger partial charge in [-0.25, -0.2) is 4.39 Å². The summed E-state index contributed by atoms with van der Waals surface area (Å²) in [7, 11) is 2.12. The lowest BCUT2D eigenvalue weighted by molar-refractivity contribution is 0.0928. The van der Waals surface area contributed by atoms with Crippen LogP contribution in [0.3, 0.4) is 0 Å². The third-order valence-electron chi connectivity index (χ3n) is 3.73. The van der Waals surface area contributed by atoms with Crippen LogP contribution in [0.4, 0.5) is 4.39 Å². The first kappa shape index (κ1) is 15.0. The summed E-state index contributed by atoms with van der Waals surface area (Å²) < 4.78 is 14.1. The van der Waals surface area contributed by atoms with E-state index in [0.717, 1.165) is 25.2 Å². The normalized spacial score (nSPS) is 20.5. The van der Waals surface area contributed by atoms with Gasteiger partial charge in [0.2, 0.25) is 0 Å². The number of nitrogens with two attached hydrogens (primary N) is 1. The van der Waals surface area contributed by atoms with Crippen molar-refractivity contribution < 1.29 is 4.39 Å². The number of hydrogen-bond donors (Lipinski definition) is 1. The molecule has 1 unspecified atom stereocenters. The molecule has 1 aliphatic heterocycles. The minimum Gasteiger partial charge on any atom is -0.320 e. The van der Waals surface area contributed by atoms with E-state index in [0.29, 0.717) is 24.7 Å². The zero-order valence-electron chi connectivity index (χ0n) is 12.2. The molecule has 0 amide bonds. The van der Waals surface area contributed by atoms with Gasteiger partial charge in [-0.05, 0) is 26.1 Å². The summed E-state index contributed by atoms with van der Waals surface area (Å²) in [5, 5.41) is 0. The molecule has 2 rings (SSSR count). The predicted octanol–water partition coefficient (Wildman–Crippen LogP) is 1.27. The van der Waals surface area contributed by atoms with E-state index in [1.165, 1.54) is 6.07 Å². The molecule has 20 heavy (non-hydrogen) atoms. The molecule has 1 aromatic rings. The molecule has 1 aromatic carbocycles. The molecular formula is C16H22FN3. The van der Waals surface area contributed by atoms with Crippen LogP contribution in [-0.2, 0) is 6.54 Å². The zero-order valence-corrected chi connectivity index (χ0v) is 12.2. The summed E-state index contributed by atoms with van der Waals surface area (Å²) in [6, 6.07) is 5.64. The highest BCUT2D eigenvalue weighted by Gasteiger charge is 2.22. The molecule has 1 atom stereocenters. The summed E-state index contributed by atoms with van der Waals surface area (Å²) in [6.07, 6.45) is 0. The lowest BCUT2D eigenvalue weighted by Gasteiger charge is -2.38. The molecule has 2 N–H and O–H groups in total. The SMILES string of the molecule is CC1CN(C)CCN1Cc1ccc(C#CCN)cc1F. The fourth-order valence-electron chi connectivity index (χ4n) is 2.54. The van der Waals surface area contributed by atoms with E-state index in [2.05, 4.69) is 35.6 Å². The average molecular weight is 275 g/mol. The largest absolute Gasteiger partial charge is 0.320 e. The van der Waals surface area contributed by atoms with Crippen molar-refractivity contribution in [3.63, 3.8) is 0 Å². The first-order valence-corrected chi connectivity index (χ1v) is 7.00. The number of nitrogens with zero attached hydrogens (tertiary/aromatic N) is 2. The van der Waals surface area contributed by atoms with Crippen LogP contribution in [0.25, 0.3) is 0 Å². The summed E-state index contributed by atoms with van der Waals surface area (Å²) >= 11 is 0. The van der Waals surface area contributed by atoms with Gasteiger partial charge in [-0.15, -0.1) is 0 Å². The maximum absolute atomic E-state index is 14.1. The Bertz CT molecular complexity index is 518. The van der Waals surface area contributed by atoms with E-state index in [4.69, 9.17) is 5.73 Å². The van der Waals surface area contributed by atoms with Crippen LogP contribution in [0, 0.1) is 17.7 Å². The summed E-state index contributed by atoms with van der Waals surface area (Å²) in [5.41, 5.74) is 6.74. The van der Waals surface area contributed by atoms with Crippen LogP contribution in [0.5, 0.6) is 0 Å². The van der Waals surface area contributed by atoms with Crippen molar-refractivity contribution in [2.75, 3.05) is 33.2 Å². The average Bonchev–Trinajstić information content (AvgIpc) is 2.42. The van der Waals surface area contributed by atoms with Crippen molar-refractivity contribution in [1.82, 2.24) is 9.80 Å². The maximum atomic E-state index is 14.1. The molecule has 108 valence electrons. The minimum absolute atomic E-state index is 0.181. The van der Waals surface area contributed by atoms with E-state index in [1.54, 1.807) is 0 Å². The minimum atomic E-state index is -0.181. The molecule has 4 heteroatoms. The van der Waals surface area contributed by atoms with Crippen LogP contribution in [0.1, 0.15) is 18.1 Å². The monoisotopic (exact) mass is 275 g/mol. The Morgan fingerprint density at radius 3 is 2.85 bits per heavy atom. The van der Waals surface area contributed by atoms with Gasteiger partial charge >= 0.3 is 0 Å². The first-order valence-electron chi connectivity index (χ1n) is 7.00. The Kier molecular flexibility index (Phi) is 5.13. The third-order valence-corrected chi connectivity index (χ3v) is 3.73. The number of benzene rings is 1. The lowest BCUT2D eigenvalue weighted by atomic mass is 10.1. The van der Waals surface area contributed by atoms with Crippen molar-refractivity contribution in [2.45, 2.75) is 19.5 Å². The van der Waals surface area contributed by atoms with E-state index >= 15 is 0 Å². The summed E-state index contributed by atoms with van der Waals surface area (Å²) in [6.45, 7) is 6.18. The maximum Gasteiger partial charge on any atom is 0.128 e. The first-order chi connectivity index (χ1) is 9.60. The zero-order chi connectivity index (χ0) is 14.5. The smallest absolute Gasteiger partial charge is 0.128 e. The van der Waals surface area contributed by atoms with Gasteiger partial charge in [0.05, 0.1) is 6.54 Å². The molecule has 0 spiro atoms. The second-order valence-corrected chi connectivity index (χ2v) is 5.39. The number of piperazine rings is 1. The predicted molar refractivity (Wildman–Crippen MR) is 79.7 cm³/mol. The van der Waals surface area contributed by atoms with Crippen LogP contribution in [0.2, 0.25) is 0 Å². The summed E-state index contributed by atoms with van der Waals surface area (Å²) in [4.78, 5) is 4.63. The summed E-state index contributed by atoms with van der Waals surface area (Å²) in [5.74, 6) is 5.41. The van der Waals surface area contributed by atoms with Crippen molar-refractivity contribution in [1.29, 1.82) is 0 Å². The van der Waals surface area contributed by atoms with Gasteiger partial charge in [0, 0.05) is 43.3 Å². The van der Waals surface area contributed by atoms with Crippen LogP contribution >= 0.6 is 0 Å². The third kappa shape index (κ3) is 3.80. The molecule has 0 saturated carbocycles. The van der Waals surface area contributed by atoms with Crippen molar-refractivity contribution in [2.24, 2.45) is 5.73 Å². The number of rotatable bonds is 2. The Labute approximate surface area is 120 Å². The molecule has 0 aliphatic carbocycles. The molecule has 0 radical (unpaired) electrons. The fraction of sp³-hybridized carbons (Fsp3) is 0.500.